The zero-order valence-electron chi connectivity index (χ0n) is 11.3. The van der Waals surface area contributed by atoms with Gasteiger partial charge in [0.15, 0.2) is 0 Å². The third-order valence-corrected chi connectivity index (χ3v) is 3.99. The van der Waals surface area contributed by atoms with Crippen LogP contribution in [0.25, 0.3) is 0 Å². The highest BCUT2D eigenvalue weighted by molar-refractivity contribution is 9.10. The van der Waals surface area contributed by atoms with Gasteiger partial charge in [-0.05, 0) is 53.5 Å². The second-order valence-electron chi connectivity index (χ2n) is 4.73. The minimum absolute atomic E-state index is 0.0503. The Bertz CT molecular complexity index is 625. The Labute approximate surface area is 132 Å². The van der Waals surface area contributed by atoms with Crippen molar-refractivity contribution < 1.29 is 4.79 Å². The summed E-state index contributed by atoms with van der Waals surface area (Å²) in [7, 11) is 0. The standard InChI is InChI=1S/C16H15BrClNO/c1-10-3-5-12(6-4-10)11(2)19-16(20)14-8-7-13(18)9-15(14)17/h3-9,11H,1-2H3,(H,19,20). The third kappa shape index (κ3) is 3.62. The second-order valence-corrected chi connectivity index (χ2v) is 6.02. The Morgan fingerprint density at radius 1 is 1.20 bits per heavy atom. The Hall–Kier alpha value is -1.32. The van der Waals surface area contributed by atoms with Gasteiger partial charge in [0, 0.05) is 9.50 Å². The number of rotatable bonds is 3. The van der Waals surface area contributed by atoms with Crippen LogP contribution in [-0.4, -0.2) is 5.91 Å². The van der Waals surface area contributed by atoms with Gasteiger partial charge in [-0.2, -0.15) is 0 Å². The van der Waals surface area contributed by atoms with Crippen LogP contribution in [0.4, 0.5) is 0 Å². The molecule has 2 aromatic rings. The molecule has 0 fully saturated rings. The van der Waals surface area contributed by atoms with Gasteiger partial charge in [0.05, 0.1) is 11.6 Å². The molecule has 20 heavy (non-hydrogen) atoms. The number of benzene rings is 2. The summed E-state index contributed by atoms with van der Waals surface area (Å²) in [6.45, 7) is 4.00. The first-order valence-electron chi connectivity index (χ1n) is 6.30. The zero-order chi connectivity index (χ0) is 14.7. The molecule has 0 saturated carbocycles. The number of halogens is 2. The highest BCUT2D eigenvalue weighted by Crippen LogP contribution is 2.22. The molecule has 2 nitrogen and oxygen atoms in total. The monoisotopic (exact) mass is 351 g/mol. The van der Waals surface area contributed by atoms with Gasteiger partial charge in [0.1, 0.15) is 0 Å². The van der Waals surface area contributed by atoms with E-state index in [1.807, 2.05) is 38.1 Å². The van der Waals surface area contributed by atoms with Crippen molar-refractivity contribution in [3.05, 3.63) is 68.7 Å². The number of hydrogen-bond acceptors (Lipinski definition) is 1. The molecular formula is C16H15BrClNO. The zero-order valence-corrected chi connectivity index (χ0v) is 13.6. The van der Waals surface area contributed by atoms with Gasteiger partial charge in [0.2, 0.25) is 0 Å². The SMILES string of the molecule is Cc1ccc(C(C)NC(=O)c2ccc(Cl)cc2Br)cc1. The number of hydrogen-bond donors (Lipinski definition) is 1. The summed E-state index contributed by atoms with van der Waals surface area (Å²) in [6, 6.07) is 13.2. The van der Waals surface area contributed by atoms with E-state index in [9.17, 15) is 4.79 Å². The molecule has 1 amide bonds. The van der Waals surface area contributed by atoms with E-state index < -0.39 is 0 Å². The van der Waals surface area contributed by atoms with E-state index in [-0.39, 0.29) is 11.9 Å². The maximum absolute atomic E-state index is 12.2. The van der Waals surface area contributed by atoms with Crippen molar-refractivity contribution in [2.75, 3.05) is 0 Å². The van der Waals surface area contributed by atoms with Crippen LogP contribution >= 0.6 is 27.5 Å². The van der Waals surface area contributed by atoms with Gasteiger partial charge in [-0.25, -0.2) is 0 Å². The van der Waals surface area contributed by atoms with Gasteiger partial charge in [-0.1, -0.05) is 41.4 Å². The van der Waals surface area contributed by atoms with Gasteiger partial charge in [-0.15, -0.1) is 0 Å². The molecule has 0 spiro atoms. The molecule has 0 bridgehead atoms. The van der Waals surface area contributed by atoms with Crippen molar-refractivity contribution >= 4 is 33.4 Å². The fourth-order valence-corrected chi connectivity index (χ4v) is 2.75. The number of amides is 1. The van der Waals surface area contributed by atoms with Crippen LogP contribution in [0, 0.1) is 6.92 Å². The third-order valence-electron chi connectivity index (χ3n) is 3.10. The van der Waals surface area contributed by atoms with Gasteiger partial charge >= 0.3 is 0 Å². The summed E-state index contributed by atoms with van der Waals surface area (Å²) in [5.74, 6) is -0.124. The first kappa shape index (κ1) is 15.1. The predicted octanol–water partition coefficient (Wildman–Crippen LogP) is 4.90. The Balaban J connectivity index is 2.13. The molecule has 2 aromatic carbocycles. The highest BCUT2D eigenvalue weighted by Gasteiger charge is 2.14. The van der Waals surface area contributed by atoms with Crippen LogP contribution in [0.5, 0.6) is 0 Å². The van der Waals surface area contributed by atoms with Crippen molar-refractivity contribution in [2.24, 2.45) is 0 Å². The van der Waals surface area contributed by atoms with E-state index in [1.54, 1.807) is 18.2 Å². The van der Waals surface area contributed by atoms with Gasteiger partial charge < -0.3 is 5.32 Å². The molecule has 0 radical (unpaired) electrons. The highest BCUT2D eigenvalue weighted by atomic mass is 79.9. The van der Waals surface area contributed by atoms with Crippen molar-refractivity contribution in [3.63, 3.8) is 0 Å². The Morgan fingerprint density at radius 2 is 1.85 bits per heavy atom. The lowest BCUT2D eigenvalue weighted by molar-refractivity contribution is 0.0939. The van der Waals surface area contributed by atoms with Crippen LogP contribution < -0.4 is 5.32 Å². The molecule has 4 heteroatoms. The number of aryl methyl sites for hydroxylation is 1. The minimum atomic E-state index is -0.124. The van der Waals surface area contributed by atoms with Crippen molar-refractivity contribution in [3.8, 4) is 0 Å². The maximum Gasteiger partial charge on any atom is 0.252 e. The molecule has 1 atom stereocenters. The smallest absolute Gasteiger partial charge is 0.252 e. The summed E-state index contributed by atoms with van der Waals surface area (Å²) >= 11 is 9.23. The fourth-order valence-electron chi connectivity index (χ4n) is 1.89. The van der Waals surface area contributed by atoms with Crippen LogP contribution in [0.1, 0.15) is 34.5 Å². The quantitative estimate of drug-likeness (QED) is 0.836. The molecule has 0 aliphatic rings. The lowest BCUT2D eigenvalue weighted by Crippen LogP contribution is -2.26. The molecule has 0 heterocycles. The average molecular weight is 353 g/mol. The van der Waals surface area contributed by atoms with E-state index in [4.69, 9.17) is 11.6 Å². The van der Waals surface area contributed by atoms with Gasteiger partial charge in [-0.3, -0.25) is 4.79 Å². The van der Waals surface area contributed by atoms with Crippen LogP contribution in [0.2, 0.25) is 5.02 Å². The molecule has 1 N–H and O–H groups in total. The van der Waals surface area contributed by atoms with E-state index in [0.29, 0.717) is 15.1 Å². The summed E-state index contributed by atoms with van der Waals surface area (Å²) < 4.78 is 0.693. The van der Waals surface area contributed by atoms with Crippen molar-refractivity contribution in [2.45, 2.75) is 19.9 Å². The average Bonchev–Trinajstić information content (AvgIpc) is 2.39. The second kappa shape index (κ2) is 6.42. The topological polar surface area (TPSA) is 29.1 Å². The van der Waals surface area contributed by atoms with E-state index in [1.165, 1.54) is 5.56 Å². The maximum atomic E-state index is 12.2. The Morgan fingerprint density at radius 3 is 2.45 bits per heavy atom. The van der Waals surface area contributed by atoms with Crippen LogP contribution in [0.3, 0.4) is 0 Å². The summed E-state index contributed by atoms with van der Waals surface area (Å²) in [4.78, 5) is 12.2. The molecule has 0 aromatic heterocycles. The molecule has 0 aliphatic heterocycles. The van der Waals surface area contributed by atoms with Gasteiger partial charge in [0.25, 0.3) is 5.91 Å². The first-order valence-corrected chi connectivity index (χ1v) is 7.47. The molecule has 0 saturated heterocycles. The van der Waals surface area contributed by atoms with Crippen LogP contribution in [0.15, 0.2) is 46.9 Å². The fraction of sp³-hybridized carbons (Fsp3) is 0.188. The number of carbonyl (C=O) groups is 1. The van der Waals surface area contributed by atoms with E-state index in [0.717, 1.165) is 5.56 Å². The Kier molecular flexibility index (Phi) is 4.84. The largest absolute Gasteiger partial charge is 0.345 e. The lowest BCUT2D eigenvalue weighted by atomic mass is 10.1. The molecule has 0 aliphatic carbocycles. The predicted molar refractivity (Wildman–Crippen MR) is 86.2 cm³/mol. The van der Waals surface area contributed by atoms with E-state index >= 15 is 0 Å². The summed E-state index contributed by atoms with van der Waals surface area (Å²) in [6.07, 6.45) is 0. The molecule has 1 unspecified atom stereocenters. The molecule has 2 rings (SSSR count). The van der Waals surface area contributed by atoms with Crippen molar-refractivity contribution in [1.29, 1.82) is 0 Å². The van der Waals surface area contributed by atoms with E-state index in [2.05, 4.69) is 21.2 Å². The van der Waals surface area contributed by atoms with Crippen LogP contribution in [-0.2, 0) is 0 Å². The number of carbonyl (C=O) groups excluding carboxylic acids is 1. The summed E-state index contributed by atoms with van der Waals surface area (Å²) in [5.41, 5.74) is 2.86. The normalized spacial score (nSPS) is 12.0. The first-order chi connectivity index (χ1) is 9.47. The minimum Gasteiger partial charge on any atom is -0.345 e. The molecule has 104 valence electrons. The number of nitrogens with one attached hydrogen (secondary N) is 1. The van der Waals surface area contributed by atoms with Crippen molar-refractivity contribution in [1.82, 2.24) is 5.32 Å². The summed E-state index contributed by atoms with van der Waals surface area (Å²) in [5, 5.41) is 3.58. The molecular weight excluding hydrogens is 338 g/mol. The lowest BCUT2D eigenvalue weighted by Gasteiger charge is -2.15.